The third kappa shape index (κ3) is 2.30. The summed E-state index contributed by atoms with van der Waals surface area (Å²) in [6, 6.07) is 0.871. The molecule has 2 aliphatic rings. The minimum absolute atomic E-state index is 0.456. The van der Waals surface area contributed by atoms with E-state index in [9.17, 15) is 0 Å². The van der Waals surface area contributed by atoms with Crippen molar-refractivity contribution >= 4 is 5.71 Å². The van der Waals surface area contributed by atoms with Crippen LogP contribution in [0, 0.1) is 11.3 Å². The van der Waals surface area contributed by atoms with E-state index in [4.69, 9.17) is 0 Å². The summed E-state index contributed by atoms with van der Waals surface area (Å²) >= 11 is 0. The second-order valence-corrected chi connectivity index (χ2v) is 6.67. The lowest BCUT2D eigenvalue weighted by molar-refractivity contribution is -0.567. The second kappa shape index (κ2) is 5.12. The Kier molecular flexibility index (Phi) is 3.95. The fraction of sp³-hybridized carbons (Fsp3) is 0.938. The minimum atomic E-state index is 0.456. The molecule has 17 heavy (non-hydrogen) atoms. The highest BCUT2D eigenvalue weighted by Gasteiger charge is 2.52. The summed E-state index contributed by atoms with van der Waals surface area (Å²) in [6.45, 7) is 11.0. The molecule has 0 amide bonds. The van der Waals surface area contributed by atoms with Crippen LogP contribution in [-0.2, 0) is 0 Å². The molecule has 2 rings (SSSR count). The summed E-state index contributed by atoms with van der Waals surface area (Å²) in [5.41, 5.74) is 2.13. The van der Waals surface area contributed by atoms with E-state index in [1.165, 1.54) is 51.5 Å². The van der Waals surface area contributed by atoms with Gasteiger partial charge in [-0.3, -0.25) is 0 Å². The van der Waals surface area contributed by atoms with Gasteiger partial charge >= 0.3 is 0 Å². The Labute approximate surface area is 107 Å². The van der Waals surface area contributed by atoms with Crippen LogP contribution in [0.5, 0.6) is 0 Å². The molecule has 0 radical (unpaired) electrons. The Balaban J connectivity index is 2.13. The first-order valence-electron chi connectivity index (χ1n) is 7.69. The Bertz CT molecular complexity index is 301. The first-order valence-corrected chi connectivity index (χ1v) is 7.69. The van der Waals surface area contributed by atoms with E-state index in [1.54, 1.807) is 5.71 Å². The Hall–Kier alpha value is -0.330. The largest absolute Gasteiger partial charge is 0.234 e. The van der Waals surface area contributed by atoms with Gasteiger partial charge in [0.2, 0.25) is 0 Å². The van der Waals surface area contributed by atoms with E-state index < -0.39 is 0 Å². The summed E-state index contributed by atoms with van der Waals surface area (Å²) < 4.78 is 2.78. The summed E-state index contributed by atoms with van der Waals surface area (Å²) in [5.74, 6) is 0.929. The highest BCUT2D eigenvalue weighted by Crippen LogP contribution is 2.45. The predicted molar refractivity (Wildman–Crippen MR) is 74.9 cm³/mol. The van der Waals surface area contributed by atoms with Crippen molar-refractivity contribution in [2.45, 2.75) is 78.7 Å². The zero-order chi connectivity index (χ0) is 12.5. The molecule has 0 spiro atoms. The van der Waals surface area contributed by atoms with Crippen LogP contribution in [0.3, 0.4) is 0 Å². The average molecular weight is 236 g/mol. The van der Waals surface area contributed by atoms with E-state index in [2.05, 4.69) is 32.3 Å². The lowest BCUT2D eigenvalue weighted by atomic mass is 9.69. The van der Waals surface area contributed by atoms with Crippen LogP contribution in [0.4, 0.5) is 0 Å². The fourth-order valence-electron chi connectivity index (χ4n) is 4.08. The molecule has 2 unspecified atom stereocenters. The normalized spacial score (nSPS) is 31.8. The van der Waals surface area contributed by atoms with Crippen LogP contribution in [0.15, 0.2) is 0 Å². The van der Waals surface area contributed by atoms with Gasteiger partial charge in [0.1, 0.15) is 6.54 Å². The molecule has 1 saturated carbocycles. The van der Waals surface area contributed by atoms with Gasteiger partial charge in [0.05, 0.1) is 5.41 Å². The lowest BCUT2D eigenvalue weighted by Crippen LogP contribution is -2.35. The Morgan fingerprint density at radius 1 is 1.18 bits per heavy atom. The third-order valence-electron chi connectivity index (χ3n) is 5.42. The SMILES string of the molecule is CCCCC[N+]1=C(C)C(C)(C)C2CCCCC21. The number of fused-ring (bicyclic) bond motifs is 1. The number of hydrogen-bond acceptors (Lipinski definition) is 0. The molecule has 0 saturated heterocycles. The molecular formula is C16H30N+. The van der Waals surface area contributed by atoms with Gasteiger partial charge in [0.15, 0.2) is 11.8 Å². The highest BCUT2D eigenvalue weighted by atomic mass is 15.1. The molecule has 0 N–H and O–H groups in total. The van der Waals surface area contributed by atoms with Gasteiger partial charge in [-0.05, 0) is 33.1 Å². The number of hydrogen-bond donors (Lipinski definition) is 0. The monoisotopic (exact) mass is 236 g/mol. The van der Waals surface area contributed by atoms with Crippen molar-refractivity contribution in [3.63, 3.8) is 0 Å². The van der Waals surface area contributed by atoms with Crippen molar-refractivity contribution in [3.05, 3.63) is 0 Å². The molecule has 0 aromatic carbocycles. The van der Waals surface area contributed by atoms with Crippen molar-refractivity contribution in [1.82, 2.24) is 0 Å². The maximum atomic E-state index is 2.78. The van der Waals surface area contributed by atoms with Crippen LogP contribution in [0.25, 0.3) is 0 Å². The topological polar surface area (TPSA) is 3.01 Å². The maximum Gasteiger partial charge on any atom is 0.156 e. The lowest BCUT2D eigenvalue weighted by Gasteiger charge is -2.30. The second-order valence-electron chi connectivity index (χ2n) is 6.67. The molecule has 0 aromatic rings. The molecule has 1 heteroatoms. The van der Waals surface area contributed by atoms with Gasteiger partial charge in [-0.15, -0.1) is 0 Å². The van der Waals surface area contributed by atoms with Crippen LogP contribution in [0.2, 0.25) is 0 Å². The van der Waals surface area contributed by atoms with Crippen molar-refractivity contribution in [2.75, 3.05) is 6.54 Å². The third-order valence-corrected chi connectivity index (χ3v) is 5.42. The molecule has 1 fully saturated rings. The number of rotatable bonds is 4. The van der Waals surface area contributed by atoms with Gasteiger partial charge in [0, 0.05) is 25.7 Å². The van der Waals surface area contributed by atoms with Crippen LogP contribution < -0.4 is 0 Å². The summed E-state index contributed by atoms with van der Waals surface area (Å²) in [4.78, 5) is 0. The molecular weight excluding hydrogens is 206 g/mol. The van der Waals surface area contributed by atoms with Gasteiger partial charge < -0.3 is 0 Å². The van der Waals surface area contributed by atoms with E-state index in [0.29, 0.717) is 5.41 Å². The first kappa shape index (κ1) is 13.1. The molecule has 98 valence electrons. The van der Waals surface area contributed by atoms with E-state index in [0.717, 1.165) is 12.0 Å². The van der Waals surface area contributed by atoms with Gasteiger partial charge in [-0.2, -0.15) is 0 Å². The molecule has 1 heterocycles. The van der Waals surface area contributed by atoms with Crippen LogP contribution >= 0.6 is 0 Å². The minimum Gasteiger partial charge on any atom is -0.234 e. The predicted octanol–water partition coefficient (Wildman–Crippen LogP) is 4.25. The van der Waals surface area contributed by atoms with Crippen molar-refractivity contribution in [2.24, 2.45) is 11.3 Å². The molecule has 1 aliphatic carbocycles. The number of nitrogens with zero attached hydrogens (tertiary/aromatic N) is 1. The number of unbranched alkanes of at least 4 members (excludes halogenated alkanes) is 2. The zero-order valence-electron chi connectivity index (χ0n) is 12.3. The van der Waals surface area contributed by atoms with Gasteiger partial charge in [0.25, 0.3) is 0 Å². The summed E-state index contributed by atoms with van der Waals surface area (Å²) in [6.07, 6.45) is 9.92. The average Bonchev–Trinajstić information content (AvgIpc) is 2.51. The van der Waals surface area contributed by atoms with E-state index >= 15 is 0 Å². The molecule has 1 aliphatic heterocycles. The van der Waals surface area contributed by atoms with Crippen molar-refractivity contribution < 1.29 is 4.58 Å². The zero-order valence-corrected chi connectivity index (χ0v) is 12.3. The summed E-state index contributed by atoms with van der Waals surface area (Å²) in [7, 11) is 0. The smallest absolute Gasteiger partial charge is 0.156 e. The molecule has 0 aromatic heterocycles. The fourth-order valence-corrected chi connectivity index (χ4v) is 4.08. The van der Waals surface area contributed by atoms with Gasteiger partial charge in [-0.1, -0.05) is 19.8 Å². The maximum absolute atomic E-state index is 2.78. The Morgan fingerprint density at radius 2 is 1.88 bits per heavy atom. The molecule has 2 atom stereocenters. The van der Waals surface area contributed by atoms with Crippen molar-refractivity contribution in [1.29, 1.82) is 0 Å². The van der Waals surface area contributed by atoms with E-state index in [1.807, 2.05) is 0 Å². The summed E-state index contributed by atoms with van der Waals surface area (Å²) in [5, 5.41) is 0. The van der Waals surface area contributed by atoms with Gasteiger partial charge in [-0.25, -0.2) is 4.58 Å². The standard InChI is InChI=1S/C16H30N/c1-5-6-9-12-17-13(2)16(3,4)14-10-7-8-11-15(14)17/h14-15H,5-12H2,1-4H3/q+1. The first-order chi connectivity index (χ1) is 8.09. The quantitative estimate of drug-likeness (QED) is 0.507. The van der Waals surface area contributed by atoms with E-state index in [-0.39, 0.29) is 0 Å². The van der Waals surface area contributed by atoms with Crippen molar-refractivity contribution in [3.8, 4) is 0 Å². The molecule has 0 bridgehead atoms. The van der Waals surface area contributed by atoms with Crippen LogP contribution in [-0.4, -0.2) is 22.9 Å². The van der Waals surface area contributed by atoms with Crippen LogP contribution in [0.1, 0.15) is 72.6 Å². The molecule has 1 nitrogen and oxygen atoms in total. The highest BCUT2D eigenvalue weighted by molar-refractivity contribution is 5.84. The Morgan fingerprint density at radius 3 is 2.59 bits per heavy atom.